The lowest BCUT2D eigenvalue weighted by molar-refractivity contribution is -0.139. The van der Waals surface area contributed by atoms with Crippen LogP contribution in [0.3, 0.4) is 0 Å². The Hall–Kier alpha value is -1.14. The number of carbonyl (C=O) groups excluding carboxylic acids is 2. The highest BCUT2D eigenvalue weighted by molar-refractivity contribution is 5.80. The van der Waals surface area contributed by atoms with Crippen LogP contribution in [0.1, 0.15) is 26.7 Å². The van der Waals surface area contributed by atoms with Crippen molar-refractivity contribution in [1.29, 1.82) is 0 Å². The van der Waals surface area contributed by atoms with Crippen molar-refractivity contribution in [3.8, 4) is 0 Å². The number of rotatable bonds is 5. The van der Waals surface area contributed by atoms with E-state index in [2.05, 4.69) is 5.43 Å². The molecule has 0 aromatic heterocycles. The fourth-order valence-corrected chi connectivity index (χ4v) is 1.98. The number of nitrogens with two attached hydrogens (primary N) is 1. The molecule has 0 aromatic rings. The zero-order chi connectivity index (χ0) is 13.5. The normalized spacial score (nSPS) is 17.0. The fourth-order valence-electron chi connectivity index (χ4n) is 1.98. The molecule has 0 atom stereocenters. The number of ether oxygens (including phenoxy) is 1. The summed E-state index contributed by atoms with van der Waals surface area (Å²) in [5, 5.41) is 0. The van der Waals surface area contributed by atoms with E-state index < -0.39 is 0 Å². The van der Waals surface area contributed by atoms with E-state index in [-0.39, 0.29) is 24.3 Å². The predicted octanol–water partition coefficient (Wildman–Crippen LogP) is -0.112. The minimum Gasteiger partial charge on any atom is -0.371 e. The van der Waals surface area contributed by atoms with Gasteiger partial charge in [0.15, 0.2) is 0 Å². The Bertz CT molecular complexity index is 286. The van der Waals surface area contributed by atoms with Crippen LogP contribution in [0.2, 0.25) is 0 Å². The van der Waals surface area contributed by atoms with E-state index in [9.17, 15) is 9.59 Å². The van der Waals surface area contributed by atoms with Gasteiger partial charge in [0.2, 0.25) is 11.8 Å². The third-order valence-corrected chi connectivity index (χ3v) is 3.04. The number of hydrazine groups is 1. The van der Waals surface area contributed by atoms with Gasteiger partial charge >= 0.3 is 0 Å². The standard InChI is InChI=1S/C12H23N3O3/c1-9(2)7-18-8-11(16)15-5-3-10(4-6-15)12(17)14-13/h9-10H,3-8,13H2,1-2H3,(H,14,17). The van der Waals surface area contributed by atoms with Crippen LogP contribution in [-0.2, 0) is 14.3 Å². The van der Waals surface area contributed by atoms with Gasteiger partial charge in [0.1, 0.15) is 6.61 Å². The van der Waals surface area contributed by atoms with Crippen molar-refractivity contribution in [2.24, 2.45) is 17.7 Å². The highest BCUT2D eigenvalue weighted by Gasteiger charge is 2.26. The van der Waals surface area contributed by atoms with Crippen LogP contribution < -0.4 is 11.3 Å². The lowest BCUT2D eigenvalue weighted by Crippen LogP contribution is -2.45. The summed E-state index contributed by atoms with van der Waals surface area (Å²) >= 11 is 0. The molecule has 104 valence electrons. The molecule has 1 aliphatic rings. The number of nitrogens with zero attached hydrogens (tertiary/aromatic N) is 1. The Labute approximate surface area is 108 Å². The highest BCUT2D eigenvalue weighted by Crippen LogP contribution is 2.17. The molecule has 0 unspecified atom stereocenters. The summed E-state index contributed by atoms with van der Waals surface area (Å²) in [7, 11) is 0. The van der Waals surface area contributed by atoms with Gasteiger partial charge in [-0.3, -0.25) is 15.0 Å². The maximum absolute atomic E-state index is 11.8. The number of amides is 2. The Morgan fingerprint density at radius 2 is 2.00 bits per heavy atom. The van der Waals surface area contributed by atoms with E-state index in [1.165, 1.54) is 0 Å². The predicted molar refractivity (Wildman–Crippen MR) is 67.3 cm³/mol. The van der Waals surface area contributed by atoms with Crippen LogP contribution in [0.15, 0.2) is 0 Å². The van der Waals surface area contributed by atoms with Crippen LogP contribution in [0.5, 0.6) is 0 Å². The van der Waals surface area contributed by atoms with Gasteiger partial charge in [0.25, 0.3) is 0 Å². The molecule has 6 heteroatoms. The van der Waals surface area contributed by atoms with Crippen LogP contribution in [0, 0.1) is 11.8 Å². The SMILES string of the molecule is CC(C)COCC(=O)N1CCC(C(=O)NN)CC1. The third-order valence-electron chi connectivity index (χ3n) is 3.04. The van der Waals surface area contributed by atoms with Gasteiger partial charge < -0.3 is 9.64 Å². The largest absolute Gasteiger partial charge is 0.371 e. The molecule has 3 N–H and O–H groups in total. The molecule has 0 bridgehead atoms. The van der Waals surface area contributed by atoms with Gasteiger partial charge in [0, 0.05) is 25.6 Å². The minimum atomic E-state index is -0.141. The Morgan fingerprint density at radius 3 is 2.50 bits per heavy atom. The van der Waals surface area contributed by atoms with Gasteiger partial charge in [-0.2, -0.15) is 0 Å². The average Bonchev–Trinajstić information content (AvgIpc) is 2.37. The molecule has 0 saturated carbocycles. The Balaban J connectivity index is 2.25. The molecule has 0 spiro atoms. The van der Waals surface area contributed by atoms with Crippen LogP contribution in [0.4, 0.5) is 0 Å². The summed E-state index contributed by atoms with van der Waals surface area (Å²) in [6, 6.07) is 0. The van der Waals surface area contributed by atoms with Gasteiger partial charge in [-0.1, -0.05) is 13.8 Å². The van der Waals surface area contributed by atoms with E-state index in [4.69, 9.17) is 10.6 Å². The van der Waals surface area contributed by atoms with Crippen molar-refractivity contribution in [3.05, 3.63) is 0 Å². The van der Waals surface area contributed by atoms with Crippen molar-refractivity contribution >= 4 is 11.8 Å². The summed E-state index contributed by atoms with van der Waals surface area (Å²) in [5.74, 6) is 5.31. The molecule has 0 radical (unpaired) electrons. The second-order valence-electron chi connectivity index (χ2n) is 5.07. The Morgan fingerprint density at radius 1 is 1.39 bits per heavy atom. The van der Waals surface area contributed by atoms with Crippen molar-refractivity contribution in [2.45, 2.75) is 26.7 Å². The molecular weight excluding hydrogens is 234 g/mol. The van der Waals surface area contributed by atoms with E-state index in [0.29, 0.717) is 38.5 Å². The van der Waals surface area contributed by atoms with E-state index >= 15 is 0 Å². The molecule has 0 aromatic carbocycles. The first-order chi connectivity index (χ1) is 8.54. The first kappa shape index (κ1) is 14.9. The smallest absolute Gasteiger partial charge is 0.248 e. The van der Waals surface area contributed by atoms with Crippen molar-refractivity contribution < 1.29 is 14.3 Å². The average molecular weight is 257 g/mol. The lowest BCUT2D eigenvalue weighted by Gasteiger charge is -2.31. The van der Waals surface area contributed by atoms with Crippen LogP contribution >= 0.6 is 0 Å². The molecule has 1 aliphatic heterocycles. The summed E-state index contributed by atoms with van der Waals surface area (Å²) < 4.78 is 5.32. The first-order valence-corrected chi connectivity index (χ1v) is 6.40. The molecule has 1 heterocycles. The Kier molecular flexibility index (Phi) is 6.07. The van der Waals surface area contributed by atoms with Gasteiger partial charge in [-0.05, 0) is 18.8 Å². The van der Waals surface area contributed by atoms with Crippen molar-refractivity contribution in [1.82, 2.24) is 10.3 Å². The summed E-state index contributed by atoms with van der Waals surface area (Å²) in [4.78, 5) is 24.9. The molecule has 6 nitrogen and oxygen atoms in total. The zero-order valence-corrected chi connectivity index (χ0v) is 11.1. The van der Waals surface area contributed by atoms with Crippen molar-refractivity contribution in [2.75, 3.05) is 26.3 Å². The van der Waals surface area contributed by atoms with Crippen LogP contribution in [-0.4, -0.2) is 43.0 Å². The quantitative estimate of drug-likeness (QED) is 0.409. The van der Waals surface area contributed by atoms with E-state index in [1.807, 2.05) is 13.8 Å². The molecular formula is C12H23N3O3. The molecule has 18 heavy (non-hydrogen) atoms. The zero-order valence-electron chi connectivity index (χ0n) is 11.1. The molecule has 1 rings (SSSR count). The summed E-state index contributed by atoms with van der Waals surface area (Å²) in [6.45, 7) is 6.01. The topological polar surface area (TPSA) is 84.7 Å². The molecule has 1 saturated heterocycles. The van der Waals surface area contributed by atoms with Gasteiger partial charge in [-0.25, -0.2) is 5.84 Å². The van der Waals surface area contributed by atoms with E-state index in [0.717, 1.165) is 0 Å². The number of hydrogen-bond donors (Lipinski definition) is 2. The maximum atomic E-state index is 11.8. The minimum absolute atomic E-state index is 0.00209. The first-order valence-electron chi connectivity index (χ1n) is 6.40. The lowest BCUT2D eigenvalue weighted by atomic mass is 9.96. The number of piperidine rings is 1. The summed E-state index contributed by atoms with van der Waals surface area (Å²) in [6.07, 6.45) is 1.33. The third kappa shape index (κ3) is 4.62. The fraction of sp³-hybridized carbons (Fsp3) is 0.833. The number of likely N-dealkylation sites (tertiary alicyclic amines) is 1. The van der Waals surface area contributed by atoms with E-state index in [1.54, 1.807) is 4.90 Å². The highest BCUT2D eigenvalue weighted by atomic mass is 16.5. The number of nitrogens with one attached hydrogen (secondary N) is 1. The number of carbonyl (C=O) groups is 2. The van der Waals surface area contributed by atoms with Crippen LogP contribution in [0.25, 0.3) is 0 Å². The maximum Gasteiger partial charge on any atom is 0.248 e. The van der Waals surface area contributed by atoms with Crippen molar-refractivity contribution in [3.63, 3.8) is 0 Å². The van der Waals surface area contributed by atoms with Gasteiger partial charge in [-0.15, -0.1) is 0 Å². The van der Waals surface area contributed by atoms with Gasteiger partial charge in [0.05, 0.1) is 0 Å². The monoisotopic (exact) mass is 257 g/mol. The second-order valence-corrected chi connectivity index (χ2v) is 5.07. The second kappa shape index (κ2) is 7.33. The molecule has 1 fully saturated rings. The number of hydrogen-bond acceptors (Lipinski definition) is 4. The summed E-state index contributed by atoms with van der Waals surface area (Å²) in [5.41, 5.74) is 2.16. The molecule has 2 amide bonds. The molecule has 0 aliphatic carbocycles.